The Kier molecular flexibility index (Phi) is 51.0. The summed E-state index contributed by atoms with van der Waals surface area (Å²) in [6.07, 6.45) is 64.0. The van der Waals surface area contributed by atoms with Crippen molar-refractivity contribution in [1.29, 1.82) is 0 Å². The molecule has 0 rings (SSSR count). The number of aliphatic hydroxyl groups excluding tert-OH is 3. The Bertz CT molecular complexity index is 864. The summed E-state index contributed by atoms with van der Waals surface area (Å²) in [7, 11) is 0. The predicted molar refractivity (Wildman–Crippen MR) is 269 cm³/mol. The normalized spacial score (nSPS) is 13.3. The van der Waals surface area contributed by atoms with Gasteiger partial charge in [-0.15, -0.1) is 0 Å². The van der Waals surface area contributed by atoms with Gasteiger partial charge in [-0.25, -0.2) is 0 Å². The van der Waals surface area contributed by atoms with Crippen LogP contribution in [0.2, 0.25) is 0 Å². The first-order chi connectivity index (χ1) is 30.0. The minimum absolute atomic E-state index is 0.0195. The zero-order valence-corrected chi connectivity index (χ0v) is 41.6. The number of nitrogens with one attached hydrogen (secondary N) is 1. The molecule has 0 saturated carbocycles. The van der Waals surface area contributed by atoms with Crippen LogP contribution in [0.5, 0.6) is 0 Å². The summed E-state index contributed by atoms with van der Waals surface area (Å²) >= 11 is 0. The van der Waals surface area contributed by atoms with Crippen molar-refractivity contribution in [3.05, 3.63) is 12.2 Å². The summed E-state index contributed by atoms with van der Waals surface area (Å²) in [5.74, 6) is -0.308. The van der Waals surface area contributed by atoms with Crippen molar-refractivity contribution in [1.82, 2.24) is 5.32 Å². The van der Waals surface area contributed by atoms with E-state index < -0.39 is 18.2 Å². The fourth-order valence-corrected chi connectivity index (χ4v) is 9.05. The summed E-state index contributed by atoms with van der Waals surface area (Å²) in [6, 6.07) is -0.741. The van der Waals surface area contributed by atoms with E-state index in [1.807, 2.05) is 6.08 Å². The Morgan fingerprint density at radius 2 is 0.672 bits per heavy atom. The Balaban J connectivity index is 3.54. The lowest BCUT2D eigenvalue weighted by atomic mass is 10.0. The molecular weight excluding hydrogens is 751 g/mol. The molecule has 5 heteroatoms. The third kappa shape index (κ3) is 48.4. The van der Waals surface area contributed by atoms with Gasteiger partial charge in [0.05, 0.1) is 31.3 Å². The molecule has 0 aliphatic rings. The molecule has 5 nitrogen and oxygen atoms in total. The van der Waals surface area contributed by atoms with Crippen molar-refractivity contribution < 1.29 is 20.1 Å². The average Bonchev–Trinajstić information content (AvgIpc) is 3.25. The number of hydrogen-bond acceptors (Lipinski definition) is 4. The van der Waals surface area contributed by atoms with Crippen LogP contribution in [0.25, 0.3) is 0 Å². The number of rotatable bonds is 52. The van der Waals surface area contributed by atoms with Gasteiger partial charge in [0.1, 0.15) is 0 Å². The van der Waals surface area contributed by atoms with Crippen LogP contribution in [0.3, 0.4) is 0 Å². The van der Waals surface area contributed by atoms with E-state index in [0.717, 1.165) is 25.7 Å². The molecule has 0 saturated heterocycles. The zero-order chi connectivity index (χ0) is 44.4. The van der Waals surface area contributed by atoms with Crippen molar-refractivity contribution in [3.8, 4) is 0 Å². The van der Waals surface area contributed by atoms with Crippen LogP contribution in [0, 0.1) is 0 Å². The van der Waals surface area contributed by atoms with Gasteiger partial charge in [0.2, 0.25) is 5.91 Å². The highest BCUT2D eigenvalue weighted by molar-refractivity contribution is 5.76. The number of unbranched alkanes of at least 4 members (excludes halogenated alkanes) is 43. The lowest BCUT2D eigenvalue weighted by Crippen LogP contribution is -2.45. The first-order valence-electron chi connectivity index (χ1n) is 28.0. The van der Waals surface area contributed by atoms with Crippen molar-refractivity contribution in [3.63, 3.8) is 0 Å². The molecule has 61 heavy (non-hydrogen) atoms. The van der Waals surface area contributed by atoms with Crippen LogP contribution in [0.1, 0.15) is 316 Å². The number of hydrogen-bond donors (Lipinski definition) is 4. The Morgan fingerprint density at radius 1 is 0.410 bits per heavy atom. The van der Waals surface area contributed by atoms with Gasteiger partial charge in [-0.05, 0) is 19.3 Å². The van der Waals surface area contributed by atoms with E-state index >= 15 is 0 Å². The van der Waals surface area contributed by atoms with Gasteiger partial charge in [0.15, 0.2) is 0 Å². The molecule has 0 aliphatic heterocycles. The minimum Gasteiger partial charge on any atom is -0.394 e. The van der Waals surface area contributed by atoms with Gasteiger partial charge in [0, 0.05) is 0 Å². The van der Waals surface area contributed by atoms with Crippen molar-refractivity contribution in [2.75, 3.05) is 6.61 Å². The quantitative estimate of drug-likeness (QED) is 0.0362. The highest BCUT2D eigenvalue weighted by Crippen LogP contribution is 2.18. The molecule has 0 aromatic carbocycles. The maximum atomic E-state index is 12.5. The van der Waals surface area contributed by atoms with Crippen LogP contribution in [0.4, 0.5) is 0 Å². The molecule has 0 aromatic heterocycles. The number of allylic oxidation sites excluding steroid dienone is 1. The Hall–Kier alpha value is -0.910. The third-order valence-corrected chi connectivity index (χ3v) is 13.3. The topological polar surface area (TPSA) is 89.8 Å². The largest absolute Gasteiger partial charge is 0.394 e. The van der Waals surface area contributed by atoms with E-state index in [2.05, 4.69) is 19.2 Å². The van der Waals surface area contributed by atoms with Gasteiger partial charge in [0.25, 0.3) is 0 Å². The molecule has 0 radical (unpaired) electrons. The standard InChI is InChI=1S/C56H111NO4/c1-3-5-7-9-11-13-15-17-19-21-23-25-26-27-28-30-32-34-36-38-40-42-44-46-48-50-55(60)54(52-58)57-56(61)51-53(59)49-47-45-43-41-39-37-35-33-31-29-24-22-20-18-16-14-12-10-8-6-4-2/h48,50,53-55,58-60H,3-47,49,51-52H2,1-2H3,(H,57,61)/b50-48+. The average molecular weight is 863 g/mol. The fourth-order valence-electron chi connectivity index (χ4n) is 9.05. The monoisotopic (exact) mass is 862 g/mol. The van der Waals surface area contributed by atoms with Crippen molar-refractivity contribution in [2.45, 2.75) is 334 Å². The summed E-state index contributed by atoms with van der Waals surface area (Å²) in [6.45, 7) is 4.26. The second-order valence-electron chi connectivity index (χ2n) is 19.6. The molecule has 0 aliphatic carbocycles. The predicted octanol–water partition coefficient (Wildman–Crippen LogP) is 17.1. The van der Waals surface area contributed by atoms with E-state index in [9.17, 15) is 20.1 Å². The summed E-state index contributed by atoms with van der Waals surface area (Å²) in [5.41, 5.74) is 0. The van der Waals surface area contributed by atoms with Gasteiger partial charge < -0.3 is 20.6 Å². The SMILES string of the molecule is CCCCCCCCCCCCCCCCCCCCCCCCC/C=C/C(O)C(CO)NC(=O)CC(O)CCCCCCCCCCCCCCCCCCCCCCC. The van der Waals surface area contributed by atoms with Gasteiger partial charge >= 0.3 is 0 Å². The molecule has 1 amide bonds. The van der Waals surface area contributed by atoms with Crippen molar-refractivity contribution >= 4 is 5.91 Å². The molecule has 3 unspecified atom stereocenters. The first kappa shape index (κ1) is 60.1. The van der Waals surface area contributed by atoms with Gasteiger partial charge in [-0.2, -0.15) is 0 Å². The van der Waals surface area contributed by atoms with Crippen LogP contribution in [0.15, 0.2) is 12.2 Å². The molecule has 3 atom stereocenters. The highest BCUT2D eigenvalue weighted by atomic mass is 16.3. The van der Waals surface area contributed by atoms with Crippen LogP contribution in [-0.4, -0.2) is 46.1 Å². The number of carbonyl (C=O) groups excluding carboxylic acids is 1. The number of aliphatic hydroxyl groups is 3. The Morgan fingerprint density at radius 3 is 0.951 bits per heavy atom. The summed E-state index contributed by atoms with van der Waals surface area (Å²) in [5, 5.41) is 33.5. The lowest BCUT2D eigenvalue weighted by molar-refractivity contribution is -0.124. The first-order valence-corrected chi connectivity index (χ1v) is 28.0. The lowest BCUT2D eigenvalue weighted by Gasteiger charge is -2.21. The molecule has 0 fully saturated rings. The molecule has 0 bridgehead atoms. The fraction of sp³-hybridized carbons (Fsp3) is 0.946. The van der Waals surface area contributed by atoms with E-state index in [1.165, 1.54) is 263 Å². The summed E-state index contributed by atoms with van der Waals surface area (Å²) in [4.78, 5) is 12.5. The second-order valence-corrected chi connectivity index (χ2v) is 19.6. The molecule has 4 N–H and O–H groups in total. The van der Waals surface area contributed by atoms with Gasteiger partial charge in [-0.1, -0.05) is 302 Å². The van der Waals surface area contributed by atoms with E-state index in [4.69, 9.17) is 0 Å². The van der Waals surface area contributed by atoms with E-state index in [0.29, 0.717) is 6.42 Å². The molecule has 364 valence electrons. The van der Waals surface area contributed by atoms with Crippen LogP contribution < -0.4 is 5.32 Å². The molecule has 0 aromatic rings. The molecule has 0 spiro atoms. The Labute approximate surface area is 382 Å². The summed E-state index contributed by atoms with van der Waals surface area (Å²) < 4.78 is 0. The molecular formula is C56H111NO4. The second kappa shape index (κ2) is 51.7. The smallest absolute Gasteiger partial charge is 0.222 e. The van der Waals surface area contributed by atoms with Gasteiger partial charge in [-0.3, -0.25) is 4.79 Å². The maximum absolute atomic E-state index is 12.5. The van der Waals surface area contributed by atoms with Crippen LogP contribution >= 0.6 is 0 Å². The maximum Gasteiger partial charge on any atom is 0.222 e. The highest BCUT2D eigenvalue weighted by Gasteiger charge is 2.20. The minimum atomic E-state index is -0.926. The van der Waals surface area contributed by atoms with E-state index in [1.54, 1.807) is 6.08 Å². The van der Waals surface area contributed by atoms with E-state index in [-0.39, 0.29) is 18.9 Å². The third-order valence-electron chi connectivity index (χ3n) is 13.3. The zero-order valence-electron chi connectivity index (χ0n) is 41.6. The van der Waals surface area contributed by atoms with Crippen LogP contribution in [-0.2, 0) is 4.79 Å². The number of carbonyl (C=O) groups is 1. The van der Waals surface area contributed by atoms with Crippen molar-refractivity contribution in [2.24, 2.45) is 0 Å². The molecule has 0 heterocycles. The number of amides is 1.